The smallest absolute Gasteiger partial charge is 0.295 e. The third kappa shape index (κ3) is 2.10. The highest BCUT2D eigenvalue weighted by molar-refractivity contribution is 5.48. The average Bonchev–Trinajstić information content (AvgIpc) is 2.71. The van der Waals surface area contributed by atoms with Gasteiger partial charge in [-0.15, -0.1) is 0 Å². The number of H-pyrrole nitrogens is 1. The molecule has 0 radical (unpaired) electrons. The summed E-state index contributed by atoms with van der Waals surface area (Å²) in [6, 6.07) is 0.202. The van der Waals surface area contributed by atoms with Gasteiger partial charge in [0.2, 0.25) is 5.75 Å². The first-order valence-electron chi connectivity index (χ1n) is 4.77. The minimum Gasteiger partial charge on any atom is -0.489 e. The summed E-state index contributed by atoms with van der Waals surface area (Å²) in [5.41, 5.74) is -0.283. The van der Waals surface area contributed by atoms with Crippen LogP contribution in [0.4, 0.5) is 5.82 Å². The molecule has 0 spiro atoms. The molecule has 0 bridgehead atoms. The minimum atomic E-state index is -0.283. The monoisotopic (exact) mass is 211 g/mol. The summed E-state index contributed by atoms with van der Waals surface area (Å²) in [4.78, 5) is 17.8. The number of anilines is 1. The predicted molar refractivity (Wildman–Crippen MR) is 54.3 cm³/mol. The largest absolute Gasteiger partial charge is 0.489 e. The lowest BCUT2D eigenvalue weighted by Crippen LogP contribution is -2.22. The van der Waals surface area contributed by atoms with E-state index in [1.807, 2.05) is 0 Å². The first kappa shape index (κ1) is 9.97. The van der Waals surface area contributed by atoms with Gasteiger partial charge in [-0.05, 0) is 6.42 Å². The summed E-state index contributed by atoms with van der Waals surface area (Å²) in [7, 11) is 1.45. The van der Waals surface area contributed by atoms with E-state index in [9.17, 15) is 4.79 Å². The van der Waals surface area contributed by atoms with Gasteiger partial charge in [-0.25, -0.2) is 4.98 Å². The van der Waals surface area contributed by atoms with Gasteiger partial charge in [0.15, 0.2) is 5.82 Å². The van der Waals surface area contributed by atoms with Crippen LogP contribution in [0.5, 0.6) is 5.75 Å². The molecule has 0 aromatic carbocycles. The minimum absolute atomic E-state index is 0.202. The van der Waals surface area contributed by atoms with E-state index < -0.39 is 0 Å². The highest BCUT2D eigenvalue weighted by atomic mass is 16.5. The molecule has 2 N–H and O–H groups in total. The molecule has 1 unspecified atom stereocenters. The molecule has 1 atom stereocenters. The average molecular weight is 211 g/mol. The number of ether oxygens (including phenoxy) is 2. The van der Waals surface area contributed by atoms with Crippen LogP contribution in [0.1, 0.15) is 6.42 Å². The Kier molecular flexibility index (Phi) is 2.86. The van der Waals surface area contributed by atoms with Crippen LogP contribution in [0.2, 0.25) is 0 Å². The molecule has 6 nitrogen and oxygen atoms in total. The van der Waals surface area contributed by atoms with Crippen molar-refractivity contribution in [2.24, 2.45) is 0 Å². The highest BCUT2D eigenvalue weighted by Gasteiger charge is 2.18. The van der Waals surface area contributed by atoms with Gasteiger partial charge >= 0.3 is 0 Å². The van der Waals surface area contributed by atoms with E-state index >= 15 is 0 Å². The molecule has 1 aromatic rings. The molecule has 1 aromatic heterocycles. The van der Waals surface area contributed by atoms with Gasteiger partial charge in [0.25, 0.3) is 5.56 Å². The summed E-state index contributed by atoms with van der Waals surface area (Å²) in [6.07, 6.45) is 2.26. The SMILES string of the molecule is COc1c(NC2CCOC2)nc[nH]c1=O. The molecule has 82 valence electrons. The predicted octanol–water partition coefficient (Wildman–Crippen LogP) is -0.0207. The Bertz CT molecular complexity index is 384. The van der Waals surface area contributed by atoms with Gasteiger partial charge in [0.1, 0.15) is 0 Å². The van der Waals surface area contributed by atoms with Crippen molar-refractivity contribution in [2.45, 2.75) is 12.5 Å². The summed E-state index contributed by atoms with van der Waals surface area (Å²) < 4.78 is 10.2. The number of nitrogens with one attached hydrogen (secondary N) is 2. The van der Waals surface area contributed by atoms with Crippen molar-refractivity contribution in [3.05, 3.63) is 16.7 Å². The molecule has 1 aliphatic heterocycles. The van der Waals surface area contributed by atoms with Gasteiger partial charge in [-0.2, -0.15) is 0 Å². The highest BCUT2D eigenvalue weighted by Crippen LogP contribution is 2.18. The molecule has 2 heterocycles. The van der Waals surface area contributed by atoms with Crippen molar-refractivity contribution >= 4 is 5.82 Å². The van der Waals surface area contributed by atoms with E-state index in [0.717, 1.165) is 13.0 Å². The Hall–Kier alpha value is -1.56. The maximum absolute atomic E-state index is 11.4. The van der Waals surface area contributed by atoms with E-state index in [-0.39, 0.29) is 17.4 Å². The fourth-order valence-electron chi connectivity index (χ4n) is 1.52. The Morgan fingerprint density at radius 2 is 2.60 bits per heavy atom. The molecule has 6 heteroatoms. The number of nitrogens with zero attached hydrogens (tertiary/aromatic N) is 1. The first-order chi connectivity index (χ1) is 7.31. The molecule has 1 saturated heterocycles. The quantitative estimate of drug-likeness (QED) is 0.734. The number of hydrogen-bond donors (Lipinski definition) is 2. The zero-order chi connectivity index (χ0) is 10.7. The zero-order valence-electron chi connectivity index (χ0n) is 8.45. The Balaban J connectivity index is 2.19. The Morgan fingerprint density at radius 1 is 1.73 bits per heavy atom. The zero-order valence-corrected chi connectivity index (χ0v) is 8.45. The van der Waals surface area contributed by atoms with Crippen molar-refractivity contribution in [2.75, 3.05) is 25.6 Å². The molecule has 1 fully saturated rings. The molecule has 0 aliphatic carbocycles. The van der Waals surface area contributed by atoms with E-state index in [4.69, 9.17) is 9.47 Å². The lowest BCUT2D eigenvalue weighted by atomic mass is 10.2. The molecular formula is C9H13N3O3. The fourth-order valence-corrected chi connectivity index (χ4v) is 1.52. The van der Waals surface area contributed by atoms with Gasteiger partial charge in [0.05, 0.1) is 26.1 Å². The number of hydrogen-bond acceptors (Lipinski definition) is 5. The summed E-state index contributed by atoms with van der Waals surface area (Å²) >= 11 is 0. The number of aromatic amines is 1. The van der Waals surface area contributed by atoms with Crippen molar-refractivity contribution < 1.29 is 9.47 Å². The van der Waals surface area contributed by atoms with Crippen LogP contribution >= 0.6 is 0 Å². The standard InChI is InChI=1S/C9H13N3O3/c1-14-7-8(10-5-11-9(7)13)12-6-2-3-15-4-6/h5-6H,2-4H2,1H3,(H2,10,11,12,13). The molecule has 1 aliphatic rings. The number of aromatic nitrogens is 2. The van der Waals surface area contributed by atoms with Crippen molar-refractivity contribution in [1.29, 1.82) is 0 Å². The maximum atomic E-state index is 11.4. The van der Waals surface area contributed by atoms with E-state index in [2.05, 4.69) is 15.3 Å². The van der Waals surface area contributed by atoms with Gasteiger partial charge in [0, 0.05) is 6.61 Å². The van der Waals surface area contributed by atoms with Gasteiger partial charge in [-0.1, -0.05) is 0 Å². The lowest BCUT2D eigenvalue weighted by molar-refractivity contribution is 0.195. The summed E-state index contributed by atoms with van der Waals surface area (Å²) in [6.45, 7) is 1.38. The molecule has 2 rings (SSSR count). The van der Waals surface area contributed by atoms with Crippen molar-refractivity contribution in [3.8, 4) is 5.75 Å². The summed E-state index contributed by atoms with van der Waals surface area (Å²) in [5.74, 6) is 0.682. The second kappa shape index (κ2) is 4.31. The van der Waals surface area contributed by atoms with E-state index in [1.165, 1.54) is 13.4 Å². The first-order valence-corrected chi connectivity index (χ1v) is 4.77. The molecular weight excluding hydrogens is 198 g/mol. The molecule has 15 heavy (non-hydrogen) atoms. The molecule has 0 amide bonds. The van der Waals surface area contributed by atoms with Crippen LogP contribution in [0, 0.1) is 0 Å². The third-order valence-electron chi connectivity index (χ3n) is 2.29. The van der Waals surface area contributed by atoms with Crippen LogP contribution in [-0.2, 0) is 4.74 Å². The van der Waals surface area contributed by atoms with Gasteiger partial charge < -0.3 is 19.8 Å². The fraction of sp³-hybridized carbons (Fsp3) is 0.556. The van der Waals surface area contributed by atoms with Gasteiger partial charge in [-0.3, -0.25) is 4.79 Å². The second-order valence-electron chi connectivity index (χ2n) is 3.32. The normalized spacial score (nSPS) is 20.2. The van der Waals surface area contributed by atoms with Crippen LogP contribution in [0.15, 0.2) is 11.1 Å². The number of rotatable bonds is 3. The third-order valence-corrected chi connectivity index (χ3v) is 2.29. The maximum Gasteiger partial charge on any atom is 0.295 e. The summed E-state index contributed by atoms with van der Waals surface area (Å²) in [5, 5.41) is 3.12. The van der Waals surface area contributed by atoms with Crippen molar-refractivity contribution in [1.82, 2.24) is 9.97 Å². The van der Waals surface area contributed by atoms with E-state index in [1.54, 1.807) is 0 Å². The Morgan fingerprint density at radius 3 is 3.27 bits per heavy atom. The Labute approximate surface area is 86.6 Å². The molecule has 0 saturated carbocycles. The van der Waals surface area contributed by atoms with Crippen LogP contribution in [0.3, 0.4) is 0 Å². The second-order valence-corrected chi connectivity index (χ2v) is 3.32. The van der Waals surface area contributed by atoms with Crippen LogP contribution in [0.25, 0.3) is 0 Å². The van der Waals surface area contributed by atoms with Crippen molar-refractivity contribution in [3.63, 3.8) is 0 Å². The van der Waals surface area contributed by atoms with Crippen LogP contribution in [-0.4, -0.2) is 36.3 Å². The topological polar surface area (TPSA) is 76.2 Å². The van der Waals surface area contributed by atoms with Crippen LogP contribution < -0.4 is 15.6 Å². The lowest BCUT2D eigenvalue weighted by Gasteiger charge is -2.12. The number of methoxy groups -OCH3 is 1. The van der Waals surface area contributed by atoms with E-state index in [0.29, 0.717) is 12.4 Å².